The minimum Gasteiger partial charge on any atom is -0.384 e. The molecule has 1 aliphatic heterocycles. The van der Waals surface area contributed by atoms with Crippen molar-refractivity contribution in [2.45, 2.75) is 51.7 Å². The molecular weight excluding hydrogens is 306 g/mol. The monoisotopic (exact) mass is 333 g/mol. The third kappa shape index (κ3) is 4.00. The van der Waals surface area contributed by atoms with Gasteiger partial charge < -0.3 is 9.72 Å². The fraction of sp³-hybridized carbons (Fsp3) is 0.688. The summed E-state index contributed by atoms with van der Waals surface area (Å²) in [5.41, 5.74) is 7.74. The standard InChI is InChI=1S/C16H27N7O/c1-11-14(12(2)21-20-11)8-16-19-15(5-7-24-3)22-23(16)6-4-13-9-17-10-18-13/h9-12,14,20-21H,4-8H2,1-3H3,(H,17,18). The van der Waals surface area contributed by atoms with Crippen LogP contribution >= 0.6 is 0 Å². The molecule has 2 atom stereocenters. The van der Waals surface area contributed by atoms with Gasteiger partial charge in [-0.15, -0.1) is 0 Å². The van der Waals surface area contributed by atoms with Crippen molar-refractivity contribution in [3.05, 3.63) is 29.9 Å². The molecular formula is C16H27N7O. The molecule has 0 saturated carbocycles. The Morgan fingerprint density at radius 2 is 2.00 bits per heavy atom. The average Bonchev–Trinajstić information content (AvgIpc) is 3.28. The zero-order valence-corrected chi connectivity index (χ0v) is 14.6. The highest BCUT2D eigenvalue weighted by Gasteiger charge is 2.31. The van der Waals surface area contributed by atoms with E-state index in [1.807, 2.05) is 10.9 Å². The van der Waals surface area contributed by atoms with Gasteiger partial charge >= 0.3 is 0 Å². The number of nitrogens with zero attached hydrogens (tertiary/aromatic N) is 4. The van der Waals surface area contributed by atoms with Gasteiger partial charge in [0, 0.05) is 56.9 Å². The van der Waals surface area contributed by atoms with E-state index in [-0.39, 0.29) is 0 Å². The van der Waals surface area contributed by atoms with E-state index in [1.165, 1.54) is 0 Å². The Kier molecular flexibility index (Phi) is 5.60. The van der Waals surface area contributed by atoms with E-state index >= 15 is 0 Å². The van der Waals surface area contributed by atoms with Crippen molar-refractivity contribution in [1.29, 1.82) is 0 Å². The number of hydrogen-bond donors (Lipinski definition) is 3. The fourth-order valence-electron chi connectivity index (χ4n) is 3.18. The summed E-state index contributed by atoms with van der Waals surface area (Å²) >= 11 is 0. The van der Waals surface area contributed by atoms with Crippen molar-refractivity contribution in [2.75, 3.05) is 13.7 Å². The predicted octanol–water partition coefficient (Wildman–Crippen LogP) is 0.476. The van der Waals surface area contributed by atoms with Crippen molar-refractivity contribution in [3.63, 3.8) is 0 Å². The summed E-state index contributed by atoms with van der Waals surface area (Å²) in [5.74, 6) is 2.40. The number of aromatic nitrogens is 5. The Morgan fingerprint density at radius 3 is 2.67 bits per heavy atom. The average molecular weight is 333 g/mol. The van der Waals surface area contributed by atoms with Gasteiger partial charge in [0.25, 0.3) is 0 Å². The first-order chi connectivity index (χ1) is 11.7. The molecule has 2 aromatic heterocycles. The highest BCUT2D eigenvalue weighted by Crippen LogP contribution is 2.19. The van der Waals surface area contributed by atoms with E-state index < -0.39 is 0 Å². The van der Waals surface area contributed by atoms with Crippen LogP contribution in [0.25, 0.3) is 0 Å². The molecule has 0 spiro atoms. The molecule has 0 aromatic carbocycles. The first kappa shape index (κ1) is 17.1. The molecule has 8 nitrogen and oxygen atoms in total. The number of hydrogen-bond acceptors (Lipinski definition) is 6. The third-order valence-corrected chi connectivity index (χ3v) is 4.71. The molecule has 1 aliphatic rings. The lowest BCUT2D eigenvalue weighted by Crippen LogP contribution is -2.30. The van der Waals surface area contributed by atoms with Crippen molar-refractivity contribution < 1.29 is 4.74 Å². The second-order valence-corrected chi connectivity index (χ2v) is 6.47. The van der Waals surface area contributed by atoms with Gasteiger partial charge in [-0.3, -0.25) is 10.9 Å². The molecule has 0 amide bonds. The van der Waals surface area contributed by atoms with Gasteiger partial charge in [-0.2, -0.15) is 5.10 Å². The van der Waals surface area contributed by atoms with Gasteiger partial charge in [0.2, 0.25) is 0 Å². The van der Waals surface area contributed by atoms with Crippen molar-refractivity contribution in [2.24, 2.45) is 5.92 Å². The smallest absolute Gasteiger partial charge is 0.153 e. The largest absolute Gasteiger partial charge is 0.384 e. The zero-order valence-electron chi connectivity index (χ0n) is 14.6. The number of methoxy groups -OCH3 is 1. The lowest BCUT2D eigenvalue weighted by Gasteiger charge is -2.17. The molecule has 132 valence electrons. The molecule has 8 heteroatoms. The predicted molar refractivity (Wildman–Crippen MR) is 90.3 cm³/mol. The number of rotatable bonds is 8. The Labute approximate surface area is 142 Å². The quantitative estimate of drug-likeness (QED) is 0.651. The van der Waals surface area contributed by atoms with Crippen molar-refractivity contribution in [3.8, 4) is 0 Å². The molecule has 2 aromatic rings. The number of nitrogens with one attached hydrogen (secondary N) is 3. The van der Waals surface area contributed by atoms with Crippen LogP contribution in [0.5, 0.6) is 0 Å². The number of ether oxygens (including phenoxy) is 1. The summed E-state index contributed by atoms with van der Waals surface area (Å²) in [5, 5.41) is 4.69. The number of aromatic amines is 1. The maximum Gasteiger partial charge on any atom is 0.153 e. The van der Waals surface area contributed by atoms with Crippen LogP contribution in [0.2, 0.25) is 0 Å². The van der Waals surface area contributed by atoms with Crippen LogP contribution in [-0.4, -0.2) is 50.5 Å². The molecule has 24 heavy (non-hydrogen) atoms. The minimum absolute atomic E-state index is 0.417. The minimum atomic E-state index is 0.417. The van der Waals surface area contributed by atoms with E-state index in [1.54, 1.807) is 13.4 Å². The lowest BCUT2D eigenvalue weighted by molar-refractivity contribution is 0.200. The Balaban J connectivity index is 1.72. The van der Waals surface area contributed by atoms with E-state index in [2.05, 4.69) is 39.8 Å². The number of hydrazine groups is 1. The van der Waals surface area contributed by atoms with Crippen LogP contribution < -0.4 is 10.9 Å². The maximum atomic E-state index is 5.16. The van der Waals surface area contributed by atoms with Crippen LogP contribution in [0.4, 0.5) is 0 Å². The van der Waals surface area contributed by atoms with Crippen LogP contribution in [-0.2, 0) is 30.5 Å². The second-order valence-electron chi connectivity index (χ2n) is 6.47. The normalized spacial score (nSPS) is 23.9. The Hall–Kier alpha value is -1.77. The summed E-state index contributed by atoms with van der Waals surface area (Å²) in [6.45, 7) is 5.85. The van der Waals surface area contributed by atoms with E-state index in [0.29, 0.717) is 24.6 Å². The molecule has 1 saturated heterocycles. The van der Waals surface area contributed by atoms with Crippen LogP contribution in [0.1, 0.15) is 31.2 Å². The van der Waals surface area contributed by atoms with E-state index in [9.17, 15) is 0 Å². The summed E-state index contributed by atoms with van der Waals surface area (Å²) in [7, 11) is 1.70. The van der Waals surface area contributed by atoms with E-state index in [4.69, 9.17) is 9.72 Å². The summed E-state index contributed by atoms with van der Waals surface area (Å²) in [6, 6.07) is 0.834. The molecule has 3 heterocycles. The highest BCUT2D eigenvalue weighted by atomic mass is 16.5. The highest BCUT2D eigenvalue weighted by molar-refractivity contribution is 5.01. The zero-order chi connectivity index (χ0) is 16.9. The number of imidazole rings is 1. The first-order valence-electron chi connectivity index (χ1n) is 8.57. The van der Waals surface area contributed by atoms with Crippen LogP contribution in [0, 0.1) is 5.92 Å². The number of aryl methyl sites for hydroxylation is 2. The maximum absolute atomic E-state index is 5.16. The van der Waals surface area contributed by atoms with Gasteiger partial charge in [0.15, 0.2) is 5.82 Å². The van der Waals surface area contributed by atoms with Gasteiger partial charge in [0.1, 0.15) is 5.82 Å². The number of H-pyrrole nitrogens is 1. The first-order valence-corrected chi connectivity index (χ1v) is 8.57. The van der Waals surface area contributed by atoms with Crippen molar-refractivity contribution >= 4 is 0 Å². The van der Waals surface area contributed by atoms with Crippen LogP contribution in [0.15, 0.2) is 12.5 Å². The summed E-state index contributed by atoms with van der Waals surface area (Å²) < 4.78 is 7.20. The molecule has 0 aliphatic carbocycles. The van der Waals surface area contributed by atoms with Gasteiger partial charge in [-0.1, -0.05) is 0 Å². The third-order valence-electron chi connectivity index (χ3n) is 4.71. The van der Waals surface area contributed by atoms with Gasteiger partial charge in [-0.05, 0) is 19.8 Å². The fourth-order valence-corrected chi connectivity index (χ4v) is 3.18. The molecule has 0 radical (unpaired) electrons. The second kappa shape index (κ2) is 7.87. The summed E-state index contributed by atoms with van der Waals surface area (Å²) in [4.78, 5) is 12.0. The van der Waals surface area contributed by atoms with Gasteiger partial charge in [-0.25, -0.2) is 14.6 Å². The van der Waals surface area contributed by atoms with Crippen molar-refractivity contribution in [1.82, 2.24) is 35.6 Å². The topological polar surface area (TPSA) is 92.7 Å². The van der Waals surface area contributed by atoms with E-state index in [0.717, 1.165) is 43.1 Å². The molecule has 3 rings (SSSR count). The Bertz CT molecular complexity index is 614. The molecule has 0 bridgehead atoms. The van der Waals surface area contributed by atoms with Crippen LogP contribution in [0.3, 0.4) is 0 Å². The van der Waals surface area contributed by atoms with Gasteiger partial charge in [0.05, 0.1) is 12.9 Å². The SMILES string of the molecule is COCCc1nc(CC2C(C)NNC2C)n(CCc2cnc[nH]2)n1. The lowest BCUT2D eigenvalue weighted by atomic mass is 9.93. The Morgan fingerprint density at radius 1 is 1.21 bits per heavy atom. The summed E-state index contributed by atoms with van der Waals surface area (Å²) in [6.07, 6.45) is 6.09. The molecule has 2 unspecified atom stereocenters. The molecule has 1 fully saturated rings. The molecule has 3 N–H and O–H groups in total.